The molecule has 0 saturated carbocycles. The number of halogens is 2. The van der Waals surface area contributed by atoms with Gasteiger partial charge in [0, 0.05) is 59.2 Å². The lowest BCUT2D eigenvalue weighted by molar-refractivity contribution is -0.140. The van der Waals surface area contributed by atoms with Crippen LogP contribution in [0, 0.1) is 0 Å². The molecule has 0 aliphatic carbocycles. The second-order valence-electron chi connectivity index (χ2n) is 12.0. The summed E-state index contributed by atoms with van der Waals surface area (Å²) < 4.78 is 7.46. The predicted molar refractivity (Wildman–Crippen MR) is 191 cm³/mol. The van der Waals surface area contributed by atoms with Crippen LogP contribution >= 0.6 is 23.2 Å². The van der Waals surface area contributed by atoms with E-state index in [0.29, 0.717) is 40.9 Å². The molecule has 5 N–H and O–H groups in total. The van der Waals surface area contributed by atoms with Gasteiger partial charge >= 0.3 is 5.97 Å². The van der Waals surface area contributed by atoms with E-state index in [0.717, 1.165) is 57.2 Å². The lowest BCUT2D eigenvalue weighted by Crippen LogP contribution is -2.39. The van der Waals surface area contributed by atoms with Crippen LogP contribution in [0.1, 0.15) is 29.5 Å². The van der Waals surface area contributed by atoms with E-state index in [4.69, 9.17) is 33.0 Å². The Hall–Kier alpha value is -4.45. The Morgan fingerprint density at radius 3 is 2.51 bits per heavy atom. The number of rotatable bonds is 14. The number of carboxylic acids is 1. The van der Waals surface area contributed by atoms with Crippen LogP contribution < -0.4 is 20.7 Å². The van der Waals surface area contributed by atoms with Crippen molar-refractivity contribution in [3.05, 3.63) is 106 Å². The molecule has 2 atom stereocenters. The van der Waals surface area contributed by atoms with Gasteiger partial charge in [0.05, 0.1) is 37.0 Å². The Bertz CT molecular complexity index is 1980. The number of hydrogen-bond acceptors (Lipinski definition) is 7. The molecule has 1 fully saturated rings. The number of hydrogen-bond donors (Lipinski definition) is 5. The van der Waals surface area contributed by atoms with Gasteiger partial charge in [-0.15, -0.1) is 0 Å². The lowest BCUT2D eigenvalue weighted by atomic mass is 9.96. The highest BCUT2D eigenvalue weighted by atomic mass is 35.5. The first-order chi connectivity index (χ1) is 23.7. The summed E-state index contributed by atoms with van der Waals surface area (Å²) in [6.45, 7) is 1.44. The second kappa shape index (κ2) is 15.4. The van der Waals surface area contributed by atoms with E-state index in [1.54, 1.807) is 6.07 Å². The summed E-state index contributed by atoms with van der Waals surface area (Å²) in [5, 5.41) is 34.6. The summed E-state index contributed by atoms with van der Waals surface area (Å²) in [5.41, 5.74) is 7.29. The standard InChI is InChI=1S/C37H37Cl2N5O5/c1-49-34-15-25(31(38)14-24(34)17-41-32(21-45)37(47)48)20-44-33-7-3-5-28(30(33)19-42-44)29-6-2-4-27(36(29)39)23-10-8-22(9-11-23)16-40-18-26-12-13-35(46)43-26/h2-11,14-15,19,26,32,40-41,45H,12-13,16-18,20-21H2,1H3,(H,43,46)(H,47,48). The molecule has 1 amide bonds. The molecule has 0 bridgehead atoms. The van der Waals surface area contributed by atoms with E-state index in [9.17, 15) is 19.8 Å². The predicted octanol–water partition coefficient (Wildman–Crippen LogP) is 5.64. The molecule has 10 nitrogen and oxygen atoms in total. The van der Waals surface area contributed by atoms with Crippen molar-refractivity contribution in [2.24, 2.45) is 0 Å². The SMILES string of the molecule is COc1cc(Cn2ncc3c(-c4cccc(-c5ccc(CNCC6CCC(=O)N6)cc5)c4Cl)cccc32)c(Cl)cc1CNC(CO)C(=O)O. The van der Waals surface area contributed by atoms with Crippen LogP contribution in [-0.4, -0.2) is 64.2 Å². The maximum absolute atomic E-state index is 11.4. The molecule has 1 aliphatic rings. The monoisotopic (exact) mass is 701 g/mol. The number of carboxylic acid groups (broad SMARTS) is 1. The van der Waals surface area contributed by atoms with E-state index in [1.165, 1.54) is 7.11 Å². The fourth-order valence-electron chi connectivity index (χ4n) is 6.16. The number of aliphatic hydroxyl groups is 1. The zero-order valence-electron chi connectivity index (χ0n) is 26.9. The van der Waals surface area contributed by atoms with Crippen molar-refractivity contribution >= 4 is 46.0 Å². The summed E-state index contributed by atoms with van der Waals surface area (Å²) >= 11 is 13.8. The normalized spacial score (nSPS) is 15.0. The number of aliphatic carboxylic acids is 1. The number of benzene rings is 4. The van der Waals surface area contributed by atoms with Crippen molar-refractivity contribution in [3.63, 3.8) is 0 Å². The van der Waals surface area contributed by atoms with E-state index in [1.807, 2.05) is 53.3 Å². The number of fused-ring (bicyclic) bond motifs is 1. The summed E-state index contributed by atoms with van der Waals surface area (Å²) in [7, 11) is 1.54. The summed E-state index contributed by atoms with van der Waals surface area (Å²) in [5.74, 6) is -0.481. The quantitative estimate of drug-likeness (QED) is 0.100. The molecular formula is C37H37Cl2N5O5. The maximum Gasteiger partial charge on any atom is 0.323 e. The van der Waals surface area contributed by atoms with Gasteiger partial charge in [-0.25, -0.2) is 0 Å². The Balaban J connectivity index is 1.20. The van der Waals surface area contributed by atoms with Crippen molar-refractivity contribution in [3.8, 4) is 28.0 Å². The minimum absolute atomic E-state index is 0.123. The van der Waals surface area contributed by atoms with E-state index < -0.39 is 18.6 Å². The van der Waals surface area contributed by atoms with Crippen LogP contribution in [0.4, 0.5) is 0 Å². The molecule has 49 heavy (non-hydrogen) atoms. The largest absolute Gasteiger partial charge is 0.496 e. The molecule has 12 heteroatoms. The molecule has 1 aromatic heterocycles. The fourth-order valence-corrected chi connectivity index (χ4v) is 6.74. The number of carbonyl (C=O) groups is 2. The van der Waals surface area contributed by atoms with Gasteiger partial charge in [-0.3, -0.25) is 19.6 Å². The Labute approximate surface area is 294 Å². The first-order valence-electron chi connectivity index (χ1n) is 16.0. The summed E-state index contributed by atoms with van der Waals surface area (Å²) in [6.07, 6.45) is 3.30. The van der Waals surface area contributed by atoms with Gasteiger partial charge in [0.1, 0.15) is 11.8 Å². The summed E-state index contributed by atoms with van der Waals surface area (Å²) in [4.78, 5) is 22.7. The molecular weight excluding hydrogens is 665 g/mol. The third-order valence-corrected chi connectivity index (χ3v) is 9.59. The average Bonchev–Trinajstić information content (AvgIpc) is 3.72. The van der Waals surface area contributed by atoms with E-state index in [2.05, 4.69) is 40.2 Å². The van der Waals surface area contributed by atoms with Crippen LogP contribution in [0.15, 0.2) is 79.0 Å². The van der Waals surface area contributed by atoms with Crippen molar-refractivity contribution in [2.45, 2.75) is 44.6 Å². The van der Waals surface area contributed by atoms with Crippen LogP contribution in [0.2, 0.25) is 10.0 Å². The number of nitrogens with zero attached hydrogens (tertiary/aromatic N) is 2. The van der Waals surface area contributed by atoms with Crippen LogP contribution in [0.3, 0.4) is 0 Å². The van der Waals surface area contributed by atoms with Crippen LogP contribution in [0.5, 0.6) is 5.75 Å². The lowest BCUT2D eigenvalue weighted by Gasteiger charge is -2.16. The maximum atomic E-state index is 11.4. The van der Waals surface area contributed by atoms with Crippen molar-refractivity contribution < 1.29 is 24.5 Å². The highest BCUT2D eigenvalue weighted by Gasteiger charge is 2.21. The van der Waals surface area contributed by atoms with Crippen molar-refractivity contribution in [1.82, 2.24) is 25.7 Å². The molecule has 0 radical (unpaired) electrons. The molecule has 254 valence electrons. The van der Waals surface area contributed by atoms with E-state index in [-0.39, 0.29) is 18.5 Å². The molecule has 1 aliphatic heterocycles. The number of aromatic nitrogens is 2. The Morgan fingerprint density at radius 1 is 1.04 bits per heavy atom. The fraction of sp³-hybridized carbons (Fsp3) is 0.270. The van der Waals surface area contributed by atoms with Gasteiger partial charge in [-0.05, 0) is 46.9 Å². The highest BCUT2D eigenvalue weighted by molar-refractivity contribution is 6.36. The van der Waals surface area contributed by atoms with Gasteiger partial charge in [-0.1, -0.05) is 77.8 Å². The van der Waals surface area contributed by atoms with Gasteiger partial charge in [0.2, 0.25) is 5.91 Å². The molecule has 5 aromatic rings. The number of aliphatic hydroxyl groups excluding tert-OH is 1. The number of ether oxygens (including phenoxy) is 1. The molecule has 0 spiro atoms. The zero-order chi connectivity index (χ0) is 34.5. The second-order valence-corrected chi connectivity index (χ2v) is 12.8. The first-order valence-corrected chi connectivity index (χ1v) is 16.8. The number of nitrogens with one attached hydrogen (secondary N) is 3. The third kappa shape index (κ3) is 7.74. The number of methoxy groups -OCH3 is 1. The molecule has 6 rings (SSSR count). The Kier molecular flexibility index (Phi) is 10.8. The smallest absolute Gasteiger partial charge is 0.323 e. The third-order valence-electron chi connectivity index (χ3n) is 8.84. The van der Waals surface area contributed by atoms with Gasteiger partial charge < -0.3 is 25.6 Å². The first kappa shape index (κ1) is 34.4. The number of carbonyl (C=O) groups excluding carboxylic acids is 1. The van der Waals surface area contributed by atoms with Crippen LogP contribution in [-0.2, 0) is 29.2 Å². The van der Waals surface area contributed by atoms with Crippen molar-refractivity contribution in [1.29, 1.82) is 0 Å². The minimum Gasteiger partial charge on any atom is -0.496 e. The van der Waals surface area contributed by atoms with Gasteiger partial charge in [0.15, 0.2) is 0 Å². The molecule has 1 saturated heterocycles. The van der Waals surface area contributed by atoms with E-state index >= 15 is 0 Å². The van der Waals surface area contributed by atoms with Crippen LogP contribution in [0.25, 0.3) is 33.2 Å². The average molecular weight is 703 g/mol. The molecule has 2 unspecified atom stereocenters. The molecule has 4 aromatic carbocycles. The summed E-state index contributed by atoms with van der Waals surface area (Å²) in [6, 6.07) is 23.0. The zero-order valence-corrected chi connectivity index (χ0v) is 28.4. The Morgan fingerprint density at radius 2 is 1.80 bits per heavy atom. The highest BCUT2D eigenvalue weighted by Crippen LogP contribution is 2.39. The van der Waals surface area contributed by atoms with Crippen molar-refractivity contribution in [2.75, 3.05) is 20.3 Å². The van der Waals surface area contributed by atoms with Gasteiger partial charge in [-0.2, -0.15) is 5.10 Å². The molecule has 2 heterocycles. The minimum atomic E-state index is -1.14. The number of amides is 1. The topological polar surface area (TPSA) is 138 Å². The van der Waals surface area contributed by atoms with Gasteiger partial charge in [0.25, 0.3) is 0 Å².